The maximum Gasteiger partial charge on any atom is 0.259 e. The zero-order valence-electron chi connectivity index (χ0n) is 19.5. The Morgan fingerprint density at radius 2 is 1.94 bits per heavy atom. The molecule has 1 saturated heterocycles. The van der Waals surface area contributed by atoms with Gasteiger partial charge in [0.1, 0.15) is 11.5 Å². The lowest BCUT2D eigenvalue weighted by atomic mass is 10.1. The Morgan fingerprint density at radius 3 is 2.71 bits per heavy atom. The number of nitrogens with two attached hydrogens (primary N) is 1. The van der Waals surface area contributed by atoms with Gasteiger partial charge < -0.3 is 25.5 Å². The predicted octanol–water partition coefficient (Wildman–Crippen LogP) is 2.59. The van der Waals surface area contributed by atoms with Gasteiger partial charge in [-0.25, -0.2) is 15.0 Å². The quantitative estimate of drug-likeness (QED) is 0.371. The van der Waals surface area contributed by atoms with E-state index in [0.717, 1.165) is 50.3 Å². The molecule has 1 fully saturated rings. The van der Waals surface area contributed by atoms with Crippen LogP contribution in [0.15, 0.2) is 53.6 Å². The van der Waals surface area contributed by atoms with Gasteiger partial charge in [0.2, 0.25) is 0 Å². The van der Waals surface area contributed by atoms with Crippen molar-refractivity contribution in [2.75, 3.05) is 51.0 Å². The number of nitrogen functional groups attached to an aromatic ring is 1. The second kappa shape index (κ2) is 10.1. The van der Waals surface area contributed by atoms with Crippen molar-refractivity contribution in [3.05, 3.63) is 64.7 Å². The van der Waals surface area contributed by atoms with Crippen LogP contribution in [0.25, 0.3) is 22.2 Å². The third-order valence-corrected chi connectivity index (χ3v) is 6.01. The first-order valence-corrected chi connectivity index (χ1v) is 11.5. The third kappa shape index (κ3) is 5.08. The highest BCUT2D eigenvalue weighted by Gasteiger charge is 2.15. The van der Waals surface area contributed by atoms with E-state index in [9.17, 15) is 4.79 Å². The Labute approximate surface area is 202 Å². The number of hydrogen-bond donors (Lipinski definition) is 3. The normalized spacial score (nSPS) is 14.2. The maximum atomic E-state index is 12.7. The van der Waals surface area contributed by atoms with E-state index in [-0.39, 0.29) is 17.3 Å². The summed E-state index contributed by atoms with van der Waals surface area (Å²) in [6, 6.07) is 11.8. The van der Waals surface area contributed by atoms with E-state index in [1.54, 1.807) is 12.3 Å². The average Bonchev–Trinajstić information content (AvgIpc) is 2.89. The summed E-state index contributed by atoms with van der Waals surface area (Å²) in [6.07, 6.45) is 4.11. The standard InChI is InChI=1S/C25H27N7O3/c1-34-25-22(26)28-15-20(31-25)19-14-17-6-8-27-24(33)21(17)23(30-19)29-18-4-2-16(3-5-18)7-9-32-10-12-35-13-11-32/h2-6,8,14-15H,7,9-13H2,1H3,(H2,26,28)(H,27,33)(H,29,30). The minimum atomic E-state index is -0.229. The highest BCUT2D eigenvalue weighted by atomic mass is 16.5. The molecule has 0 spiro atoms. The number of rotatable bonds is 7. The summed E-state index contributed by atoms with van der Waals surface area (Å²) in [6.45, 7) is 4.57. The van der Waals surface area contributed by atoms with Crippen LogP contribution in [0.4, 0.5) is 17.3 Å². The van der Waals surface area contributed by atoms with Gasteiger partial charge >= 0.3 is 0 Å². The minimum absolute atomic E-state index is 0.195. The number of anilines is 3. The summed E-state index contributed by atoms with van der Waals surface area (Å²) in [4.78, 5) is 31.1. The molecule has 1 aliphatic heterocycles. The third-order valence-electron chi connectivity index (χ3n) is 6.01. The number of hydrogen-bond acceptors (Lipinski definition) is 9. The van der Waals surface area contributed by atoms with Gasteiger partial charge in [-0.05, 0) is 41.6 Å². The number of aromatic nitrogens is 4. The van der Waals surface area contributed by atoms with Crippen LogP contribution in [0.1, 0.15) is 5.56 Å². The lowest BCUT2D eigenvalue weighted by Crippen LogP contribution is -2.37. The van der Waals surface area contributed by atoms with Crippen LogP contribution in [-0.2, 0) is 11.2 Å². The molecule has 0 bridgehead atoms. The van der Waals surface area contributed by atoms with E-state index in [0.29, 0.717) is 22.6 Å². The van der Waals surface area contributed by atoms with Crippen molar-refractivity contribution in [1.82, 2.24) is 24.8 Å². The fraction of sp³-hybridized carbons (Fsp3) is 0.280. The first-order valence-electron chi connectivity index (χ1n) is 11.5. The smallest absolute Gasteiger partial charge is 0.259 e. The first kappa shape index (κ1) is 22.8. The van der Waals surface area contributed by atoms with Crippen molar-refractivity contribution in [3.63, 3.8) is 0 Å². The zero-order valence-corrected chi connectivity index (χ0v) is 19.5. The topological polar surface area (TPSA) is 131 Å². The van der Waals surface area contributed by atoms with E-state index in [2.05, 4.69) is 37.3 Å². The van der Waals surface area contributed by atoms with Gasteiger partial charge in [-0.2, -0.15) is 0 Å². The van der Waals surface area contributed by atoms with Crippen LogP contribution in [0.5, 0.6) is 5.88 Å². The predicted molar refractivity (Wildman–Crippen MR) is 135 cm³/mol. The van der Waals surface area contributed by atoms with Crippen LogP contribution in [0.3, 0.4) is 0 Å². The van der Waals surface area contributed by atoms with Crippen LogP contribution in [-0.4, -0.2) is 64.8 Å². The summed E-state index contributed by atoms with van der Waals surface area (Å²) in [5.74, 6) is 0.844. The summed E-state index contributed by atoms with van der Waals surface area (Å²) in [5.41, 5.74) is 8.68. The number of methoxy groups -OCH3 is 1. The molecule has 0 aliphatic carbocycles. The van der Waals surface area contributed by atoms with Crippen LogP contribution in [0, 0.1) is 0 Å². The SMILES string of the molecule is COc1nc(-c2cc3cc[nH]c(=O)c3c(Nc3ccc(CCN4CCOCC4)cc3)n2)cnc1N. The number of H-pyrrole nitrogens is 1. The molecule has 4 heterocycles. The number of nitrogens with zero attached hydrogens (tertiary/aromatic N) is 4. The molecule has 10 nitrogen and oxygen atoms in total. The van der Waals surface area contributed by atoms with E-state index in [1.165, 1.54) is 18.9 Å². The number of benzene rings is 1. The molecule has 10 heteroatoms. The minimum Gasteiger partial charge on any atom is -0.478 e. The maximum absolute atomic E-state index is 12.7. The number of pyridine rings is 2. The van der Waals surface area contributed by atoms with Crippen molar-refractivity contribution in [1.29, 1.82) is 0 Å². The van der Waals surface area contributed by atoms with E-state index >= 15 is 0 Å². The van der Waals surface area contributed by atoms with Crippen molar-refractivity contribution in [2.45, 2.75) is 6.42 Å². The molecule has 0 amide bonds. The van der Waals surface area contributed by atoms with Gasteiger partial charge in [0.25, 0.3) is 11.4 Å². The second-order valence-electron chi connectivity index (χ2n) is 8.30. The Bertz CT molecular complexity index is 1380. The molecule has 0 saturated carbocycles. The number of fused-ring (bicyclic) bond motifs is 1. The van der Waals surface area contributed by atoms with Crippen LogP contribution >= 0.6 is 0 Å². The van der Waals surface area contributed by atoms with E-state index in [1.807, 2.05) is 18.2 Å². The summed E-state index contributed by atoms with van der Waals surface area (Å²) >= 11 is 0. The Morgan fingerprint density at radius 1 is 1.14 bits per heavy atom. The molecule has 4 aromatic rings. The monoisotopic (exact) mass is 473 g/mol. The van der Waals surface area contributed by atoms with E-state index < -0.39 is 0 Å². The van der Waals surface area contributed by atoms with Gasteiger partial charge in [0.15, 0.2) is 5.82 Å². The number of nitrogens with one attached hydrogen (secondary N) is 2. The fourth-order valence-corrected chi connectivity index (χ4v) is 4.09. The molecule has 5 rings (SSSR count). The lowest BCUT2D eigenvalue weighted by molar-refractivity contribution is 0.0384. The Balaban J connectivity index is 1.42. The molecular weight excluding hydrogens is 446 g/mol. The van der Waals surface area contributed by atoms with Crippen molar-refractivity contribution in [2.24, 2.45) is 0 Å². The fourth-order valence-electron chi connectivity index (χ4n) is 4.09. The Kier molecular flexibility index (Phi) is 6.55. The molecule has 0 unspecified atom stereocenters. The summed E-state index contributed by atoms with van der Waals surface area (Å²) in [5, 5.41) is 4.49. The largest absolute Gasteiger partial charge is 0.478 e. The molecule has 3 aromatic heterocycles. The van der Waals surface area contributed by atoms with Crippen molar-refractivity contribution >= 4 is 28.1 Å². The molecular formula is C25H27N7O3. The van der Waals surface area contributed by atoms with E-state index in [4.69, 9.17) is 20.2 Å². The molecule has 0 atom stereocenters. The van der Waals surface area contributed by atoms with Crippen LogP contribution in [0.2, 0.25) is 0 Å². The van der Waals surface area contributed by atoms with Gasteiger partial charge in [-0.3, -0.25) is 9.69 Å². The molecule has 1 aromatic carbocycles. The van der Waals surface area contributed by atoms with Crippen molar-refractivity contribution < 1.29 is 9.47 Å². The lowest BCUT2D eigenvalue weighted by Gasteiger charge is -2.26. The van der Waals surface area contributed by atoms with Gasteiger partial charge in [0.05, 0.1) is 37.6 Å². The zero-order chi connectivity index (χ0) is 24.2. The highest BCUT2D eigenvalue weighted by molar-refractivity contribution is 5.94. The molecule has 0 radical (unpaired) electrons. The molecule has 4 N–H and O–H groups in total. The van der Waals surface area contributed by atoms with Crippen LogP contribution < -0.4 is 21.3 Å². The number of aromatic amines is 1. The van der Waals surface area contributed by atoms with Gasteiger partial charge in [0, 0.05) is 31.5 Å². The number of ether oxygens (including phenoxy) is 2. The summed E-state index contributed by atoms with van der Waals surface area (Å²) in [7, 11) is 1.48. The molecule has 180 valence electrons. The van der Waals surface area contributed by atoms with Crippen molar-refractivity contribution in [3.8, 4) is 17.3 Å². The molecule has 35 heavy (non-hydrogen) atoms. The van der Waals surface area contributed by atoms with Gasteiger partial charge in [-0.1, -0.05) is 12.1 Å². The average molecular weight is 474 g/mol. The number of morpholine rings is 1. The van der Waals surface area contributed by atoms with Gasteiger partial charge in [-0.15, -0.1) is 0 Å². The Hall–Kier alpha value is -4.02. The first-order chi connectivity index (χ1) is 17.1. The summed E-state index contributed by atoms with van der Waals surface area (Å²) < 4.78 is 10.6. The molecule has 1 aliphatic rings. The highest BCUT2D eigenvalue weighted by Crippen LogP contribution is 2.28. The second-order valence-corrected chi connectivity index (χ2v) is 8.30.